The molecule has 0 bridgehead atoms. The first kappa shape index (κ1) is 23.4. The summed E-state index contributed by atoms with van der Waals surface area (Å²) in [7, 11) is 0. The van der Waals surface area contributed by atoms with Crippen molar-refractivity contribution in [2.24, 2.45) is 11.8 Å². The fourth-order valence-corrected chi connectivity index (χ4v) is 2.66. The lowest BCUT2D eigenvalue weighted by Gasteiger charge is -2.30. The van der Waals surface area contributed by atoms with E-state index in [1.54, 1.807) is 0 Å². The van der Waals surface area contributed by atoms with Gasteiger partial charge in [-0.25, -0.2) is 9.59 Å². The molecule has 6 atom stereocenters. The van der Waals surface area contributed by atoms with E-state index in [0.717, 1.165) is 0 Å². The van der Waals surface area contributed by atoms with Crippen LogP contribution in [0.15, 0.2) is 0 Å². The molecule has 0 aliphatic rings. The molecular weight excluding hydrogens is 330 g/mol. The fourth-order valence-electron chi connectivity index (χ4n) is 2.66. The van der Waals surface area contributed by atoms with Gasteiger partial charge in [-0.2, -0.15) is 0 Å². The highest BCUT2D eigenvalue weighted by Gasteiger charge is 2.28. The maximum absolute atomic E-state index is 10.9. The monoisotopic (exact) mass is 363 g/mol. The quantitative estimate of drug-likeness (QED) is 0.269. The molecule has 0 fully saturated rings. The molecule has 0 radical (unpaired) electrons. The Balaban J connectivity index is 4.61. The summed E-state index contributed by atoms with van der Waals surface area (Å²) in [5.74, 6) is -0.112. The number of hydrogen-bond donors (Lipinski definition) is 7. The number of hydrogen-bond acceptors (Lipinski definition) is 5. The van der Waals surface area contributed by atoms with Crippen LogP contribution in [-0.4, -0.2) is 70.0 Å². The van der Waals surface area contributed by atoms with Crippen molar-refractivity contribution >= 4 is 12.2 Å². The summed E-state index contributed by atoms with van der Waals surface area (Å²) in [6.45, 7) is 7.64. The van der Waals surface area contributed by atoms with Gasteiger partial charge in [-0.3, -0.25) is 0 Å². The average Bonchev–Trinajstić information content (AvgIpc) is 2.55. The lowest BCUT2D eigenvalue weighted by Crippen LogP contribution is -2.53. The third kappa shape index (κ3) is 8.89. The summed E-state index contributed by atoms with van der Waals surface area (Å²) in [5, 5.41) is 45.8. The van der Waals surface area contributed by atoms with Crippen LogP contribution in [0, 0.1) is 11.8 Å². The van der Waals surface area contributed by atoms with Gasteiger partial charge in [-0.05, 0) is 11.8 Å². The largest absolute Gasteiger partial charge is 0.465 e. The molecule has 148 valence electrons. The molecule has 0 rings (SSSR count). The molecule has 9 heteroatoms. The predicted octanol–water partition coefficient (Wildman–Crippen LogP) is 0.662. The van der Waals surface area contributed by atoms with Crippen LogP contribution in [-0.2, 0) is 0 Å². The highest BCUT2D eigenvalue weighted by Crippen LogP contribution is 2.13. The Bertz CT molecular complexity index is 373. The van der Waals surface area contributed by atoms with Crippen molar-refractivity contribution in [2.75, 3.05) is 13.1 Å². The van der Waals surface area contributed by atoms with Gasteiger partial charge in [0, 0.05) is 13.1 Å². The SMILES string of the molecule is CCC(C)C(NC(=O)O)[C@H](O)CNC[C@H](O)C(NC(=O)O)C(C)CC. The zero-order valence-electron chi connectivity index (χ0n) is 15.4. The Morgan fingerprint density at radius 3 is 1.36 bits per heavy atom. The molecule has 4 unspecified atom stereocenters. The maximum atomic E-state index is 10.9. The number of amides is 2. The van der Waals surface area contributed by atoms with Gasteiger partial charge < -0.3 is 36.4 Å². The van der Waals surface area contributed by atoms with E-state index in [0.29, 0.717) is 12.8 Å². The summed E-state index contributed by atoms with van der Waals surface area (Å²) in [5.41, 5.74) is 0. The van der Waals surface area contributed by atoms with E-state index in [1.165, 1.54) is 0 Å². The highest BCUT2D eigenvalue weighted by atomic mass is 16.4. The van der Waals surface area contributed by atoms with Crippen molar-refractivity contribution < 1.29 is 30.0 Å². The summed E-state index contributed by atoms with van der Waals surface area (Å²) in [6, 6.07) is -1.26. The highest BCUT2D eigenvalue weighted by molar-refractivity contribution is 5.65. The Kier molecular flexibility index (Phi) is 11.1. The normalized spacial score (nSPS) is 18.5. The van der Waals surface area contributed by atoms with Gasteiger partial charge in [0.15, 0.2) is 0 Å². The topological polar surface area (TPSA) is 151 Å². The summed E-state index contributed by atoms with van der Waals surface area (Å²) < 4.78 is 0. The Labute approximate surface area is 148 Å². The van der Waals surface area contributed by atoms with Crippen molar-refractivity contribution in [1.29, 1.82) is 0 Å². The molecule has 0 spiro atoms. The van der Waals surface area contributed by atoms with E-state index in [4.69, 9.17) is 10.2 Å². The van der Waals surface area contributed by atoms with Gasteiger partial charge in [0.1, 0.15) is 0 Å². The van der Waals surface area contributed by atoms with Crippen molar-refractivity contribution in [3.63, 3.8) is 0 Å². The Morgan fingerprint density at radius 2 is 1.12 bits per heavy atom. The molecule has 0 heterocycles. The van der Waals surface area contributed by atoms with E-state index >= 15 is 0 Å². The number of carboxylic acid groups (broad SMARTS) is 2. The number of carbonyl (C=O) groups is 2. The molecule has 2 amide bonds. The molecule has 0 aliphatic heterocycles. The van der Waals surface area contributed by atoms with Gasteiger partial charge >= 0.3 is 12.2 Å². The summed E-state index contributed by atoms with van der Waals surface area (Å²) in [4.78, 5) is 21.7. The summed E-state index contributed by atoms with van der Waals surface area (Å²) in [6.07, 6.45) is -2.94. The molecule has 9 nitrogen and oxygen atoms in total. The smallest absolute Gasteiger partial charge is 0.404 e. The minimum Gasteiger partial charge on any atom is -0.465 e. The fraction of sp³-hybridized carbons (Fsp3) is 0.875. The standard InChI is InChI=1S/C16H33N3O6/c1-5-9(3)13(18-15(22)23)11(20)7-17-8-12(21)14(10(4)6-2)19-16(24)25/h9-14,17-21H,5-8H2,1-4H3,(H,22,23)(H,24,25)/t9?,10?,11-,12+,13?,14?. The number of nitrogens with one attached hydrogen (secondary N) is 3. The van der Waals surface area contributed by atoms with E-state index in [9.17, 15) is 19.8 Å². The first-order valence-electron chi connectivity index (χ1n) is 8.69. The van der Waals surface area contributed by atoms with Gasteiger partial charge in [-0.1, -0.05) is 40.5 Å². The van der Waals surface area contributed by atoms with Crippen LogP contribution in [0.3, 0.4) is 0 Å². The first-order chi connectivity index (χ1) is 11.6. The van der Waals surface area contributed by atoms with Crippen LogP contribution in [0.2, 0.25) is 0 Å². The second-order valence-electron chi connectivity index (χ2n) is 6.51. The lowest BCUT2D eigenvalue weighted by molar-refractivity contribution is 0.0747. The minimum absolute atomic E-state index is 0.0561. The van der Waals surface area contributed by atoms with Crippen LogP contribution in [0.1, 0.15) is 40.5 Å². The molecule has 0 saturated heterocycles. The van der Waals surface area contributed by atoms with E-state index in [2.05, 4.69) is 16.0 Å². The van der Waals surface area contributed by atoms with Crippen molar-refractivity contribution in [3.8, 4) is 0 Å². The molecule has 0 aromatic heterocycles. The second-order valence-corrected chi connectivity index (χ2v) is 6.51. The number of aliphatic hydroxyl groups excluding tert-OH is 2. The number of rotatable bonds is 12. The van der Waals surface area contributed by atoms with Crippen LogP contribution in [0.5, 0.6) is 0 Å². The van der Waals surface area contributed by atoms with Crippen LogP contribution in [0.25, 0.3) is 0 Å². The van der Waals surface area contributed by atoms with E-state index in [-0.39, 0.29) is 24.9 Å². The minimum atomic E-state index is -1.20. The summed E-state index contributed by atoms with van der Waals surface area (Å²) >= 11 is 0. The van der Waals surface area contributed by atoms with Gasteiger partial charge in [0.25, 0.3) is 0 Å². The third-order valence-electron chi connectivity index (χ3n) is 4.63. The van der Waals surface area contributed by atoms with Gasteiger partial charge in [-0.15, -0.1) is 0 Å². The molecule has 25 heavy (non-hydrogen) atoms. The van der Waals surface area contributed by atoms with Crippen molar-refractivity contribution in [2.45, 2.75) is 64.8 Å². The molecule has 7 N–H and O–H groups in total. The van der Waals surface area contributed by atoms with Crippen molar-refractivity contribution in [1.82, 2.24) is 16.0 Å². The second kappa shape index (κ2) is 11.9. The maximum Gasteiger partial charge on any atom is 0.404 e. The van der Waals surface area contributed by atoms with Crippen LogP contribution < -0.4 is 16.0 Å². The Morgan fingerprint density at radius 1 is 0.800 bits per heavy atom. The van der Waals surface area contributed by atoms with E-state index < -0.39 is 36.5 Å². The van der Waals surface area contributed by atoms with Gasteiger partial charge in [0.05, 0.1) is 24.3 Å². The molecular formula is C16H33N3O6. The van der Waals surface area contributed by atoms with Crippen LogP contribution >= 0.6 is 0 Å². The predicted molar refractivity (Wildman–Crippen MR) is 93.7 cm³/mol. The third-order valence-corrected chi connectivity index (χ3v) is 4.63. The van der Waals surface area contributed by atoms with Gasteiger partial charge in [0.2, 0.25) is 0 Å². The molecule has 0 aromatic carbocycles. The molecule has 0 aliphatic carbocycles. The van der Waals surface area contributed by atoms with E-state index in [1.807, 2.05) is 27.7 Å². The molecule has 0 saturated carbocycles. The first-order valence-corrected chi connectivity index (χ1v) is 8.69. The molecule has 0 aromatic rings. The lowest BCUT2D eigenvalue weighted by atomic mass is 9.93. The zero-order chi connectivity index (χ0) is 19.6. The Hall–Kier alpha value is -1.58. The van der Waals surface area contributed by atoms with Crippen LogP contribution in [0.4, 0.5) is 9.59 Å². The van der Waals surface area contributed by atoms with Crippen molar-refractivity contribution in [3.05, 3.63) is 0 Å². The average molecular weight is 363 g/mol. The zero-order valence-corrected chi connectivity index (χ0v) is 15.4. The number of aliphatic hydroxyl groups is 2.